The van der Waals surface area contributed by atoms with E-state index in [0.717, 1.165) is 62.8 Å². The van der Waals surface area contributed by atoms with Gasteiger partial charge in [0.15, 0.2) is 5.54 Å². The number of rotatable bonds is 1. The van der Waals surface area contributed by atoms with Crippen LogP contribution in [-0.4, -0.2) is 90.2 Å². The highest BCUT2D eigenvalue weighted by molar-refractivity contribution is 6.50. The summed E-state index contributed by atoms with van der Waals surface area (Å²) in [5, 5.41) is 24.2. The Morgan fingerprint density at radius 3 is 2.34 bits per heavy atom. The van der Waals surface area contributed by atoms with Gasteiger partial charge in [-0.1, -0.05) is 67.9 Å². The summed E-state index contributed by atoms with van der Waals surface area (Å²) < 4.78 is 46.6. The Morgan fingerprint density at radius 1 is 0.864 bits per heavy atom. The van der Waals surface area contributed by atoms with Crippen LogP contribution in [0.15, 0.2) is 48.6 Å². The van der Waals surface area contributed by atoms with Gasteiger partial charge in [0.2, 0.25) is 6.23 Å². The van der Waals surface area contributed by atoms with Crippen molar-refractivity contribution < 1.29 is 36.7 Å². The van der Waals surface area contributed by atoms with Crippen molar-refractivity contribution >= 4 is 7.25 Å². The molecule has 0 aromatic rings. The van der Waals surface area contributed by atoms with E-state index in [0.29, 0.717) is 11.8 Å². The average Bonchev–Trinajstić information content (AvgIpc) is 3.27. The summed E-state index contributed by atoms with van der Waals surface area (Å²) in [7, 11) is -4.04. The van der Waals surface area contributed by atoms with Gasteiger partial charge in [-0.3, -0.25) is 9.38 Å². The van der Waals surface area contributed by atoms with Crippen LogP contribution in [0.2, 0.25) is 0 Å². The van der Waals surface area contributed by atoms with Gasteiger partial charge in [0.25, 0.3) is 0 Å². The van der Waals surface area contributed by atoms with Crippen LogP contribution >= 0.6 is 0 Å². The molecular formula is C34H53BF4N2O3. The summed E-state index contributed by atoms with van der Waals surface area (Å²) in [6.07, 6.45) is 31.1. The van der Waals surface area contributed by atoms with Crippen molar-refractivity contribution in [1.29, 1.82) is 0 Å². The predicted octanol–water partition coefficient (Wildman–Crippen LogP) is 6.80. The van der Waals surface area contributed by atoms with Gasteiger partial charge in [0.05, 0.1) is 24.5 Å². The van der Waals surface area contributed by atoms with Crippen molar-refractivity contribution in [2.75, 3.05) is 33.3 Å². The molecule has 6 aliphatic heterocycles. The molecular weight excluding hydrogens is 571 g/mol. The summed E-state index contributed by atoms with van der Waals surface area (Å²) in [6, 6.07) is 0.261. The molecule has 0 aromatic carbocycles. The van der Waals surface area contributed by atoms with E-state index >= 15 is 0 Å². The van der Waals surface area contributed by atoms with Crippen LogP contribution in [0.4, 0.5) is 17.3 Å². The number of allylic oxidation sites excluding steroid dienone is 7. The van der Waals surface area contributed by atoms with E-state index in [1.165, 1.54) is 51.4 Å². The normalized spacial score (nSPS) is 46.0. The monoisotopic (exact) mass is 624 g/mol. The first-order valence-corrected chi connectivity index (χ1v) is 17.1. The number of nitrogens with zero attached hydrogens (tertiary/aromatic N) is 2. The number of quaternary nitrogens is 1. The molecule has 2 N–H and O–H groups in total. The van der Waals surface area contributed by atoms with Gasteiger partial charge in [-0.05, 0) is 70.9 Å². The zero-order valence-electron chi connectivity index (χ0n) is 26.4. The van der Waals surface area contributed by atoms with Gasteiger partial charge in [-0.15, -0.1) is 0 Å². The zero-order valence-corrected chi connectivity index (χ0v) is 26.4. The highest BCUT2D eigenvalue weighted by atomic mass is 19.5. The number of hydrogen-bond donors (Lipinski definition) is 2. The third kappa shape index (κ3) is 6.15. The van der Waals surface area contributed by atoms with Crippen molar-refractivity contribution in [3.8, 4) is 0 Å². The Kier molecular flexibility index (Phi) is 10.9. The number of ether oxygens (including phenoxy) is 1. The van der Waals surface area contributed by atoms with E-state index in [2.05, 4.69) is 35.3 Å². The Hall–Kier alpha value is -1.46. The Labute approximate surface area is 261 Å². The van der Waals surface area contributed by atoms with Crippen molar-refractivity contribution in [3.63, 3.8) is 0 Å². The molecule has 5 nitrogen and oxygen atoms in total. The fourth-order valence-corrected chi connectivity index (χ4v) is 11.0. The maximum absolute atomic E-state index is 12.5. The molecule has 6 bridgehead atoms. The van der Waals surface area contributed by atoms with E-state index in [4.69, 9.17) is 4.74 Å². The summed E-state index contributed by atoms with van der Waals surface area (Å²) in [6.45, 7) is 4.35. The highest BCUT2D eigenvalue weighted by Crippen LogP contribution is 2.74. The minimum Gasteiger partial charge on any atom is -0.418 e. The predicted molar refractivity (Wildman–Crippen MR) is 167 cm³/mol. The van der Waals surface area contributed by atoms with E-state index < -0.39 is 19.5 Å². The minimum absolute atomic E-state index is 0.0443. The molecule has 4 saturated heterocycles. The molecule has 1 unspecified atom stereocenters. The first-order valence-electron chi connectivity index (χ1n) is 17.1. The van der Waals surface area contributed by atoms with Crippen molar-refractivity contribution in [1.82, 2.24) is 4.90 Å². The lowest BCUT2D eigenvalue weighted by atomic mass is 9.52. The number of piperidine rings is 2. The van der Waals surface area contributed by atoms with Gasteiger partial charge >= 0.3 is 7.25 Å². The molecule has 7 rings (SSSR count). The van der Waals surface area contributed by atoms with Gasteiger partial charge in [0.1, 0.15) is 12.2 Å². The summed E-state index contributed by atoms with van der Waals surface area (Å²) in [5.41, 5.74) is -0.335. The van der Waals surface area contributed by atoms with Gasteiger partial charge in [0, 0.05) is 25.4 Å². The molecule has 44 heavy (non-hydrogen) atoms. The van der Waals surface area contributed by atoms with Crippen LogP contribution in [0.1, 0.15) is 83.5 Å². The smallest absolute Gasteiger partial charge is 0.418 e. The van der Waals surface area contributed by atoms with Crippen molar-refractivity contribution in [2.24, 2.45) is 17.3 Å². The second-order valence-corrected chi connectivity index (χ2v) is 14.1. The first-order chi connectivity index (χ1) is 21.1. The number of methoxy groups -OCH3 is 1. The molecule has 1 saturated carbocycles. The Balaban J connectivity index is 0.000000712. The molecule has 6 heterocycles. The van der Waals surface area contributed by atoms with Crippen molar-refractivity contribution in [3.05, 3.63) is 48.6 Å². The topological polar surface area (TPSA) is 52.9 Å². The van der Waals surface area contributed by atoms with Gasteiger partial charge in [-0.2, -0.15) is 0 Å². The second kappa shape index (κ2) is 14.1. The first kappa shape index (κ1) is 33.9. The third-order valence-electron chi connectivity index (χ3n) is 11.8. The lowest BCUT2D eigenvalue weighted by molar-refractivity contribution is -1.00. The van der Waals surface area contributed by atoms with Gasteiger partial charge < -0.3 is 32.2 Å². The molecule has 1 aliphatic carbocycles. The molecule has 5 fully saturated rings. The van der Waals surface area contributed by atoms with E-state index in [1.54, 1.807) is 0 Å². The van der Waals surface area contributed by atoms with Crippen molar-refractivity contribution in [2.45, 2.75) is 113 Å². The largest absolute Gasteiger partial charge is 0.673 e. The van der Waals surface area contributed by atoms with Crippen LogP contribution < -0.4 is 0 Å². The lowest BCUT2D eigenvalue weighted by Gasteiger charge is -2.58. The van der Waals surface area contributed by atoms with Crippen LogP contribution in [0.25, 0.3) is 0 Å². The maximum atomic E-state index is 12.5. The van der Waals surface area contributed by atoms with E-state index in [-0.39, 0.29) is 23.2 Å². The molecule has 248 valence electrons. The molecule has 0 amide bonds. The van der Waals surface area contributed by atoms with E-state index in [1.807, 2.05) is 25.3 Å². The fraction of sp³-hybridized carbons (Fsp3) is 0.765. The molecule has 9 atom stereocenters. The lowest BCUT2D eigenvalue weighted by Crippen LogP contribution is -2.77. The number of hydrogen-bond acceptors (Lipinski definition) is 4. The molecule has 0 aromatic heterocycles. The summed E-state index contributed by atoms with van der Waals surface area (Å²) in [4.78, 5) is 2.80. The van der Waals surface area contributed by atoms with E-state index in [9.17, 15) is 27.5 Å². The van der Waals surface area contributed by atoms with Gasteiger partial charge in [-0.25, -0.2) is 0 Å². The number of aliphatic hydroxyl groups excluding tert-OH is 2. The minimum atomic E-state index is -6.00. The number of halogens is 4. The maximum Gasteiger partial charge on any atom is 0.673 e. The average molecular weight is 625 g/mol. The summed E-state index contributed by atoms with van der Waals surface area (Å²) >= 11 is 0. The summed E-state index contributed by atoms with van der Waals surface area (Å²) in [5.74, 6) is 1.07. The van der Waals surface area contributed by atoms with Crippen LogP contribution in [-0.2, 0) is 4.74 Å². The number of aliphatic hydroxyl groups is 2. The highest BCUT2D eigenvalue weighted by Gasteiger charge is 2.89. The van der Waals surface area contributed by atoms with Crippen LogP contribution in [0.5, 0.6) is 0 Å². The molecule has 3 spiro atoms. The quantitative estimate of drug-likeness (QED) is 0.146. The fourth-order valence-electron chi connectivity index (χ4n) is 11.0. The van der Waals surface area contributed by atoms with Crippen LogP contribution in [0.3, 0.4) is 0 Å². The Bertz CT molecular complexity index is 1080. The standard InChI is InChI=1S/C34H53N2O3.BF4/c1-39-32-33-21-16-12-8-4-2-5-9-13-17-22-35-23-20-28-27(25-33)26-36(32)24-18-14-10-6-3-7-11-15-19-29(37)30(38)34(28,36)31(33)35;2-1(3,4)5/h5-7,9-11,15,19,27-32,37-38H,2-4,8,12-14,16-18,20-26H2,1H3;/q+1;-1/b9-5-,10-6-,11-7-,19-15+;/t27-,28+,29-,30+,31-,32+,33-,34+,36?;/m0./s1. The molecule has 7 aliphatic rings. The zero-order chi connectivity index (χ0) is 31.4. The molecule has 10 heteroatoms. The SMILES string of the molecule is CO[C@@H]1[C@@]23CCCCCC/C=C\CCCN4CC[C@@H]5[C@@H](C2)C[N+]12CCC/C=C\C/C=C\C=C\[C@H](O)[C@@H](O)[C@@]52[C@@H]43.F[B-](F)(F)F. The van der Waals surface area contributed by atoms with Crippen LogP contribution in [0, 0.1) is 17.3 Å². The Morgan fingerprint density at radius 2 is 1.57 bits per heavy atom. The third-order valence-corrected chi connectivity index (χ3v) is 11.8. The second-order valence-electron chi connectivity index (χ2n) is 14.1. The molecule has 0 radical (unpaired) electrons.